The summed E-state index contributed by atoms with van der Waals surface area (Å²) in [7, 11) is -3.53. The van der Waals surface area contributed by atoms with Crippen molar-refractivity contribution in [2.24, 2.45) is 0 Å². The molecule has 0 unspecified atom stereocenters. The van der Waals surface area contributed by atoms with E-state index in [0.29, 0.717) is 31.5 Å². The van der Waals surface area contributed by atoms with E-state index in [2.05, 4.69) is 5.32 Å². The van der Waals surface area contributed by atoms with Crippen LogP contribution in [-0.4, -0.2) is 50.5 Å². The molecule has 0 saturated carbocycles. The maximum absolute atomic E-state index is 12.8. The van der Waals surface area contributed by atoms with E-state index in [1.54, 1.807) is 43.3 Å². The molecule has 0 atom stereocenters. The number of carbonyl (C=O) groups is 2. The van der Waals surface area contributed by atoms with Crippen molar-refractivity contribution in [3.05, 3.63) is 59.7 Å². The molecule has 2 aromatic rings. The average molecular weight is 447 g/mol. The highest BCUT2D eigenvalue weighted by atomic mass is 32.2. The van der Waals surface area contributed by atoms with E-state index in [-0.39, 0.29) is 29.2 Å². The Morgan fingerprint density at radius 1 is 1.03 bits per heavy atom. The minimum absolute atomic E-state index is 0.118. The number of nitrogens with one attached hydrogen (secondary N) is 1. The first-order chi connectivity index (χ1) is 14.8. The zero-order valence-electron chi connectivity index (χ0n) is 17.5. The number of hydrogen-bond donors (Lipinski definition) is 1. The first kappa shape index (κ1) is 22.8. The highest BCUT2D eigenvalue weighted by Crippen LogP contribution is 2.21. The predicted octanol–water partition coefficient (Wildman–Crippen LogP) is 3.11. The molecule has 1 N–H and O–H groups in total. The third kappa shape index (κ3) is 5.83. The lowest BCUT2D eigenvalue weighted by Crippen LogP contribution is -2.46. The summed E-state index contributed by atoms with van der Waals surface area (Å²) < 4.78 is 36.7. The van der Waals surface area contributed by atoms with Gasteiger partial charge < -0.3 is 14.8 Å². The van der Waals surface area contributed by atoms with E-state index in [1.165, 1.54) is 16.4 Å². The van der Waals surface area contributed by atoms with Crippen LogP contribution in [0.1, 0.15) is 35.7 Å². The number of carbonyl (C=O) groups excluding carboxylic acids is 2. The SMILES string of the molecule is CCOC(=O)Oc1ccc(C(=O)NC2CCN(S(=O)(=O)c3ccc(C)cc3)CC2)cc1. The predicted molar refractivity (Wildman–Crippen MR) is 115 cm³/mol. The Balaban J connectivity index is 1.53. The molecule has 0 aliphatic carbocycles. The highest BCUT2D eigenvalue weighted by Gasteiger charge is 2.30. The van der Waals surface area contributed by atoms with Crippen LogP contribution in [0.15, 0.2) is 53.4 Å². The highest BCUT2D eigenvalue weighted by molar-refractivity contribution is 7.89. The molecule has 1 aliphatic heterocycles. The molecule has 0 spiro atoms. The van der Waals surface area contributed by atoms with Gasteiger partial charge in [-0.3, -0.25) is 4.79 Å². The second kappa shape index (κ2) is 9.93. The number of piperidine rings is 1. The number of nitrogens with zero attached hydrogens (tertiary/aromatic N) is 1. The molecule has 1 heterocycles. The molecule has 166 valence electrons. The summed E-state index contributed by atoms with van der Waals surface area (Å²) in [5.41, 5.74) is 1.42. The van der Waals surface area contributed by atoms with Crippen LogP contribution in [0, 0.1) is 6.92 Å². The number of rotatable bonds is 6. The molecule has 0 bridgehead atoms. The van der Waals surface area contributed by atoms with Crippen LogP contribution in [0.3, 0.4) is 0 Å². The fourth-order valence-electron chi connectivity index (χ4n) is 3.29. The zero-order valence-corrected chi connectivity index (χ0v) is 18.4. The van der Waals surface area contributed by atoms with Gasteiger partial charge >= 0.3 is 6.16 Å². The molecule has 1 fully saturated rings. The lowest BCUT2D eigenvalue weighted by Gasteiger charge is -2.31. The molecule has 3 rings (SSSR count). The minimum atomic E-state index is -3.53. The van der Waals surface area contributed by atoms with Gasteiger partial charge in [0.15, 0.2) is 0 Å². The molecule has 9 heteroatoms. The molecule has 0 aromatic heterocycles. The van der Waals surface area contributed by atoms with Crippen molar-refractivity contribution in [3.63, 3.8) is 0 Å². The first-order valence-electron chi connectivity index (χ1n) is 10.1. The van der Waals surface area contributed by atoms with E-state index < -0.39 is 16.2 Å². The van der Waals surface area contributed by atoms with Gasteiger partial charge in [-0.15, -0.1) is 0 Å². The van der Waals surface area contributed by atoms with Gasteiger partial charge in [-0.2, -0.15) is 4.31 Å². The van der Waals surface area contributed by atoms with Crippen molar-refractivity contribution in [1.82, 2.24) is 9.62 Å². The molecular weight excluding hydrogens is 420 g/mol. The van der Waals surface area contributed by atoms with Crippen molar-refractivity contribution in [2.75, 3.05) is 19.7 Å². The van der Waals surface area contributed by atoms with E-state index in [1.807, 2.05) is 6.92 Å². The van der Waals surface area contributed by atoms with E-state index in [9.17, 15) is 18.0 Å². The maximum Gasteiger partial charge on any atom is 0.513 e. The Morgan fingerprint density at radius 3 is 2.23 bits per heavy atom. The Kier molecular flexibility index (Phi) is 7.29. The van der Waals surface area contributed by atoms with E-state index in [4.69, 9.17) is 9.47 Å². The van der Waals surface area contributed by atoms with Crippen LogP contribution in [0.2, 0.25) is 0 Å². The van der Waals surface area contributed by atoms with Gasteiger partial charge in [0.2, 0.25) is 10.0 Å². The van der Waals surface area contributed by atoms with Crippen molar-refractivity contribution in [1.29, 1.82) is 0 Å². The standard InChI is InChI=1S/C22H26N2O6S/c1-3-29-22(26)30-19-8-6-17(7-9-19)21(25)23-18-12-14-24(15-13-18)31(27,28)20-10-4-16(2)5-11-20/h4-11,18H,3,12-15H2,1-2H3,(H,23,25). The molecule has 1 aliphatic rings. The maximum atomic E-state index is 12.8. The van der Waals surface area contributed by atoms with Crippen LogP contribution >= 0.6 is 0 Å². The molecule has 31 heavy (non-hydrogen) atoms. The second-order valence-electron chi connectivity index (χ2n) is 7.27. The van der Waals surface area contributed by atoms with E-state index in [0.717, 1.165) is 5.56 Å². The van der Waals surface area contributed by atoms with Gasteiger partial charge in [0.1, 0.15) is 5.75 Å². The number of aryl methyl sites for hydroxylation is 1. The number of amides is 1. The lowest BCUT2D eigenvalue weighted by atomic mass is 10.1. The smallest absolute Gasteiger partial charge is 0.434 e. The topological polar surface area (TPSA) is 102 Å². The number of sulfonamides is 1. The monoisotopic (exact) mass is 446 g/mol. The molecule has 8 nitrogen and oxygen atoms in total. The summed E-state index contributed by atoms with van der Waals surface area (Å²) >= 11 is 0. The first-order valence-corrected chi connectivity index (χ1v) is 11.6. The van der Waals surface area contributed by atoms with Gasteiger partial charge in [-0.25, -0.2) is 13.2 Å². The summed E-state index contributed by atoms with van der Waals surface area (Å²) in [6, 6.07) is 12.8. The summed E-state index contributed by atoms with van der Waals surface area (Å²) in [5.74, 6) is 0.0205. The minimum Gasteiger partial charge on any atom is -0.434 e. The van der Waals surface area contributed by atoms with E-state index >= 15 is 0 Å². The molecule has 0 radical (unpaired) electrons. The Morgan fingerprint density at radius 2 is 1.65 bits per heavy atom. The van der Waals surface area contributed by atoms with Gasteiger partial charge in [-0.05, 0) is 63.1 Å². The average Bonchev–Trinajstić information content (AvgIpc) is 2.75. The third-order valence-corrected chi connectivity index (χ3v) is 6.94. The number of hydrogen-bond acceptors (Lipinski definition) is 6. The normalized spacial score (nSPS) is 15.3. The number of ether oxygens (including phenoxy) is 2. The van der Waals surface area contributed by atoms with Gasteiger partial charge in [0, 0.05) is 24.7 Å². The largest absolute Gasteiger partial charge is 0.513 e. The van der Waals surface area contributed by atoms with Crippen molar-refractivity contribution in [3.8, 4) is 5.75 Å². The fourth-order valence-corrected chi connectivity index (χ4v) is 4.76. The van der Waals surface area contributed by atoms with Crippen LogP contribution in [0.4, 0.5) is 4.79 Å². The molecular formula is C22H26N2O6S. The summed E-state index contributed by atoms with van der Waals surface area (Å²) in [6.45, 7) is 4.48. The zero-order chi connectivity index (χ0) is 22.4. The van der Waals surface area contributed by atoms with Crippen LogP contribution in [-0.2, 0) is 14.8 Å². The Labute approximate surface area is 182 Å². The molecule has 1 saturated heterocycles. The van der Waals surface area contributed by atoms with Gasteiger partial charge in [0.05, 0.1) is 11.5 Å². The fraction of sp³-hybridized carbons (Fsp3) is 0.364. The van der Waals surface area contributed by atoms with Crippen LogP contribution in [0.25, 0.3) is 0 Å². The number of benzene rings is 2. The van der Waals surface area contributed by atoms with Gasteiger partial charge in [0.25, 0.3) is 5.91 Å². The lowest BCUT2D eigenvalue weighted by molar-refractivity contribution is 0.0923. The van der Waals surface area contributed by atoms with Crippen molar-refractivity contribution < 1.29 is 27.5 Å². The Bertz CT molecular complexity index is 1010. The quantitative estimate of drug-likeness (QED) is 0.540. The molecule has 2 aromatic carbocycles. The second-order valence-corrected chi connectivity index (χ2v) is 9.21. The van der Waals surface area contributed by atoms with Crippen molar-refractivity contribution >= 4 is 22.1 Å². The third-order valence-electron chi connectivity index (χ3n) is 5.03. The van der Waals surface area contributed by atoms with Gasteiger partial charge in [-0.1, -0.05) is 17.7 Å². The summed E-state index contributed by atoms with van der Waals surface area (Å²) in [5, 5.41) is 2.94. The van der Waals surface area contributed by atoms with Crippen LogP contribution < -0.4 is 10.1 Å². The Hall–Kier alpha value is -2.91. The molecule has 1 amide bonds. The van der Waals surface area contributed by atoms with Crippen LogP contribution in [0.5, 0.6) is 5.75 Å². The summed E-state index contributed by atoms with van der Waals surface area (Å²) in [4.78, 5) is 24.1. The summed E-state index contributed by atoms with van der Waals surface area (Å²) in [6.07, 6.45) is 0.258. The van der Waals surface area contributed by atoms with Crippen molar-refractivity contribution in [2.45, 2.75) is 37.6 Å².